The quantitative estimate of drug-likeness (QED) is 0.594. The molecule has 7 nitrogen and oxygen atoms in total. The summed E-state index contributed by atoms with van der Waals surface area (Å²) >= 11 is 0. The number of rotatable bonds is 6. The van der Waals surface area contributed by atoms with Gasteiger partial charge in [-0.3, -0.25) is 9.59 Å². The van der Waals surface area contributed by atoms with E-state index in [9.17, 15) is 14.7 Å². The predicted octanol–water partition coefficient (Wildman–Crippen LogP) is 3.23. The van der Waals surface area contributed by atoms with E-state index in [4.69, 9.17) is 0 Å². The van der Waals surface area contributed by atoms with Gasteiger partial charge < -0.3 is 15.4 Å². The number of hydrogen-bond acceptors (Lipinski definition) is 4. The second-order valence-corrected chi connectivity index (χ2v) is 5.72. The summed E-state index contributed by atoms with van der Waals surface area (Å²) in [5.41, 5.74) is 1.95. The van der Waals surface area contributed by atoms with Gasteiger partial charge in [-0.2, -0.15) is 0 Å². The lowest BCUT2D eigenvalue weighted by Crippen LogP contribution is -2.28. The van der Waals surface area contributed by atoms with Crippen molar-refractivity contribution >= 4 is 28.4 Å². The summed E-state index contributed by atoms with van der Waals surface area (Å²) in [6.45, 7) is -0.236. The molecule has 3 N–H and O–H groups in total. The van der Waals surface area contributed by atoms with Crippen LogP contribution in [-0.4, -0.2) is 28.4 Å². The average molecular weight is 350 g/mol. The minimum atomic E-state index is -0.595. The topological polar surface area (TPSA) is 107 Å². The number of azo groups is 1. The lowest BCUT2D eigenvalue weighted by Gasteiger charge is -2.02. The van der Waals surface area contributed by atoms with Gasteiger partial charge in [0.25, 0.3) is 5.91 Å². The number of benzene rings is 2. The molecular weight excluding hydrogens is 332 g/mol. The smallest absolute Gasteiger partial charge is 0.283 e. The molecule has 0 unspecified atom stereocenters. The first-order chi connectivity index (χ1) is 12.6. The van der Waals surface area contributed by atoms with Gasteiger partial charge in [0.2, 0.25) is 11.8 Å². The Balaban J connectivity index is 1.51. The molecule has 0 bridgehead atoms. The maximum absolute atomic E-state index is 11.8. The number of H-pyrrole nitrogens is 1. The van der Waals surface area contributed by atoms with E-state index in [1.807, 2.05) is 36.4 Å². The fourth-order valence-corrected chi connectivity index (χ4v) is 2.52. The van der Waals surface area contributed by atoms with Crippen molar-refractivity contribution in [2.75, 3.05) is 6.54 Å². The second-order valence-electron chi connectivity index (χ2n) is 5.72. The molecule has 132 valence electrons. The Kier molecular flexibility index (Phi) is 5.38. The highest BCUT2D eigenvalue weighted by Crippen LogP contribution is 2.35. The third kappa shape index (κ3) is 4.32. The number of para-hydroxylation sites is 1. The van der Waals surface area contributed by atoms with Crippen LogP contribution < -0.4 is 5.32 Å². The van der Waals surface area contributed by atoms with E-state index in [0.717, 1.165) is 5.56 Å². The molecule has 3 aromatic rings. The fraction of sp³-hybridized carbons (Fsp3) is 0.158. The van der Waals surface area contributed by atoms with Gasteiger partial charge in [0.1, 0.15) is 6.54 Å². The first kappa shape index (κ1) is 17.3. The van der Waals surface area contributed by atoms with E-state index in [-0.39, 0.29) is 30.4 Å². The lowest BCUT2D eigenvalue weighted by atomic mass is 10.1. The van der Waals surface area contributed by atoms with Crippen LogP contribution in [0.5, 0.6) is 5.88 Å². The Morgan fingerprint density at radius 1 is 1.04 bits per heavy atom. The molecule has 0 fully saturated rings. The Labute approximate surface area is 149 Å². The molecule has 0 radical (unpaired) electrons. The van der Waals surface area contributed by atoms with Crippen molar-refractivity contribution in [3.8, 4) is 5.88 Å². The molecule has 2 amide bonds. The average Bonchev–Trinajstić information content (AvgIpc) is 2.99. The van der Waals surface area contributed by atoms with Gasteiger partial charge in [0.05, 0.1) is 5.52 Å². The molecule has 26 heavy (non-hydrogen) atoms. The van der Waals surface area contributed by atoms with E-state index in [1.54, 1.807) is 18.2 Å². The predicted molar refractivity (Wildman–Crippen MR) is 97.3 cm³/mol. The summed E-state index contributed by atoms with van der Waals surface area (Å²) in [7, 11) is 0. The molecule has 7 heteroatoms. The van der Waals surface area contributed by atoms with Crippen LogP contribution in [0, 0.1) is 0 Å². The molecule has 0 spiro atoms. The summed E-state index contributed by atoms with van der Waals surface area (Å²) in [5.74, 6) is -0.982. The molecule has 2 aromatic carbocycles. The van der Waals surface area contributed by atoms with Crippen molar-refractivity contribution in [1.29, 1.82) is 0 Å². The van der Waals surface area contributed by atoms with Gasteiger partial charge >= 0.3 is 0 Å². The largest absolute Gasteiger partial charge is 0.493 e. The van der Waals surface area contributed by atoms with Crippen LogP contribution in [0.15, 0.2) is 64.8 Å². The van der Waals surface area contributed by atoms with Gasteiger partial charge in [-0.05, 0) is 18.1 Å². The standard InChI is InChI=1S/C19H18N4O3/c24-16(11-10-13-6-2-1-3-7-13)20-12-17(25)22-23-18-14-8-4-5-9-15(14)21-19(18)26/h1-9,21,26H,10-12H2,(H,20,24). The van der Waals surface area contributed by atoms with E-state index in [0.29, 0.717) is 17.3 Å². The number of aryl methyl sites for hydroxylation is 1. The van der Waals surface area contributed by atoms with Crippen LogP contribution in [0.25, 0.3) is 10.9 Å². The highest BCUT2D eigenvalue weighted by Gasteiger charge is 2.10. The molecular formula is C19H18N4O3. The molecule has 3 rings (SSSR count). The Morgan fingerprint density at radius 3 is 2.58 bits per heavy atom. The molecule has 0 aliphatic carbocycles. The Bertz CT molecular complexity index is 948. The molecule has 1 heterocycles. The SMILES string of the molecule is O=C(CNC(=O)CCc1ccccc1)N=Nc1c(O)[nH]c2ccccc12. The number of nitrogens with one attached hydrogen (secondary N) is 2. The van der Waals surface area contributed by atoms with Crippen molar-refractivity contribution in [3.05, 3.63) is 60.2 Å². The fourth-order valence-electron chi connectivity index (χ4n) is 2.52. The van der Waals surface area contributed by atoms with Crippen LogP contribution in [0.3, 0.4) is 0 Å². The summed E-state index contributed by atoms with van der Waals surface area (Å²) < 4.78 is 0. The zero-order chi connectivity index (χ0) is 18.4. The Hall–Kier alpha value is -3.48. The third-order valence-corrected chi connectivity index (χ3v) is 3.84. The zero-order valence-electron chi connectivity index (χ0n) is 14.0. The normalized spacial score (nSPS) is 11.1. The highest BCUT2D eigenvalue weighted by atomic mass is 16.3. The summed E-state index contributed by atoms with van der Waals surface area (Å²) in [6, 6.07) is 16.8. The molecule has 0 atom stereocenters. The van der Waals surface area contributed by atoms with Crippen LogP contribution in [0.2, 0.25) is 0 Å². The van der Waals surface area contributed by atoms with Crippen molar-refractivity contribution in [2.45, 2.75) is 12.8 Å². The maximum atomic E-state index is 11.8. The van der Waals surface area contributed by atoms with Crippen molar-refractivity contribution < 1.29 is 14.7 Å². The number of carbonyl (C=O) groups excluding carboxylic acids is 2. The highest BCUT2D eigenvalue weighted by molar-refractivity contribution is 5.94. The molecule has 0 aliphatic rings. The summed E-state index contributed by atoms with van der Waals surface area (Å²) in [4.78, 5) is 26.4. The van der Waals surface area contributed by atoms with E-state index in [1.165, 1.54) is 0 Å². The first-order valence-electron chi connectivity index (χ1n) is 8.18. The number of nitrogens with zero attached hydrogens (tertiary/aromatic N) is 2. The number of aromatic hydroxyl groups is 1. The van der Waals surface area contributed by atoms with Gasteiger partial charge in [0, 0.05) is 11.8 Å². The van der Waals surface area contributed by atoms with Crippen LogP contribution in [-0.2, 0) is 16.0 Å². The number of aromatic amines is 1. The zero-order valence-corrected chi connectivity index (χ0v) is 14.0. The van der Waals surface area contributed by atoms with Crippen molar-refractivity contribution in [2.24, 2.45) is 10.2 Å². The van der Waals surface area contributed by atoms with E-state index >= 15 is 0 Å². The maximum Gasteiger partial charge on any atom is 0.283 e. The van der Waals surface area contributed by atoms with Crippen LogP contribution in [0.1, 0.15) is 12.0 Å². The summed E-state index contributed by atoms with van der Waals surface area (Å²) in [6.07, 6.45) is 0.892. The minimum Gasteiger partial charge on any atom is -0.493 e. The van der Waals surface area contributed by atoms with Gasteiger partial charge in [-0.1, -0.05) is 48.5 Å². The summed E-state index contributed by atoms with van der Waals surface area (Å²) in [5, 5.41) is 20.4. The van der Waals surface area contributed by atoms with E-state index in [2.05, 4.69) is 20.5 Å². The number of amides is 2. The second kappa shape index (κ2) is 8.06. The monoisotopic (exact) mass is 350 g/mol. The van der Waals surface area contributed by atoms with Gasteiger partial charge in [-0.25, -0.2) is 0 Å². The van der Waals surface area contributed by atoms with Gasteiger partial charge in [0.15, 0.2) is 5.69 Å². The minimum absolute atomic E-state index is 0.158. The number of aromatic nitrogens is 1. The van der Waals surface area contributed by atoms with Crippen molar-refractivity contribution in [1.82, 2.24) is 10.3 Å². The molecule has 0 saturated heterocycles. The van der Waals surface area contributed by atoms with E-state index < -0.39 is 5.91 Å². The Morgan fingerprint density at radius 2 is 1.77 bits per heavy atom. The number of carbonyl (C=O) groups is 2. The number of fused-ring (bicyclic) bond motifs is 1. The van der Waals surface area contributed by atoms with Crippen molar-refractivity contribution in [3.63, 3.8) is 0 Å². The van der Waals surface area contributed by atoms with Gasteiger partial charge in [-0.15, -0.1) is 10.2 Å². The molecule has 1 aromatic heterocycles. The van der Waals surface area contributed by atoms with Crippen LogP contribution in [0.4, 0.5) is 5.69 Å². The molecule has 0 aliphatic heterocycles. The van der Waals surface area contributed by atoms with Crippen LogP contribution >= 0.6 is 0 Å². The number of hydrogen-bond donors (Lipinski definition) is 3. The third-order valence-electron chi connectivity index (χ3n) is 3.84. The lowest BCUT2D eigenvalue weighted by molar-refractivity contribution is -0.124. The molecule has 0 saturated carbocycles. The first-order valence-corrected chi connectivity index (χ1v) is 8.18.